The van der Waals surface area contributed by atoms with Crippen molar-refractivity contribution >= 4 is 44.4 Å². The number of rotatable bonds is 3. The summed E-state index contributed by atoms with van der Waals surface area (Å²) >= 11 is 3.17. The number of ketones is 1. The second kappa shape index (κ2) is 7.57. The molecule has 1 aromatic carbocycles. The Morgan fingerprint density at radius 1 is 1.13 bits per heavy atom. The highest BCUT2D eigenvalue weighted by atomic mass is 32.1. The Bertz CT molecular complexity index is 1260. The number of nitrogens with zero attached hydrogens (tertiary/aromatic N) is 1. The summed E-state index contributed by atoms with van der Waals surface area (Å²) in [5, 5.41) is 3.07. The molecule has 0 bridgehead atoms. The van der Waals surface area contributed by atoms with Crippen molar-refractivity contribution in [3.8, 4) is 10.4 Å². The fourth-order valence-electron chi connectivity index (χ4n) is 4.64. The Morgan fingerprint density at radius 2 is 1.90 bits per heavy atom. The van der Waals surface area contributed by atoms with Gasteiger partial charge >= 0.3 is 0 Å². The van der Waals surface area contributed by atoms with Crippen LogP contribution in [0.25, 0.3) is 20.7 Å². The van der Waals surface area contributed by atoms with Gasteiger partial charge in [0.2, 0.25) is 5.78 Å². The van der Waals surface area contributed by atoms with Gasteiger partial charge in [0, 0.05) is 27.1 Å². The molecule has 0 amide bonds. The minimum atomic E-state index is -0.0243. The molecule has 0 spiro atoms. The van der Waals surface area contributed by atoms with E-state index in [1.54, 1.807) is 11.3 Å². The molecule has 1 aliphatic rings. The molecule has 0 aliphatic heterocycles. The van der Waals surface area contributed by atoms with Crippen molar-refractivity contribution in [2.75, 3.05) is 5.73 Å². The zero-order chi connectivity index (χ0) is 21.8. The number of nitrogen functional groups attached to an aromatic ring is 1. The van der Waals surface area contributed by atoms with Gasteiger partial charge in [0.15, 0.2) is 0 Å². The minimum Gasteiger partial charge on any atom is -0.397 e. The number of hydrogen-bond donors (Lipinski definition) is 1. The first-order chi connectivity index (χ1) is 14.8. The quantitative estimate of drug-likeness (QED) is 0.345. The van der Waals surface area contributed by atoms with Crippen molar-refractivity contribution in [3.05, 3.63) is 69.5 Å². The van der Waals surface area contributed by atoms with Crippen LogP contribution in [0.3, 0.4) is 0 Å². The standard InChI is InChI=1S/C26H26N2OS2/c1-26(2,3)16-11-12-18-17(14-16)20(19-10-7-13-30-19)21-22(27)24(31-25(21)28-18)23(29)15-8-5-4-6-9-15/h4-10,13,16H,11-12,14,27H2,1-3H3/t16-/m0/s1. The third kappa shape index (κ3) is 3.50. The predicted octanol–water partition coefficient (Wildman–Crippen LogP) is 6.99. The Labute approximate surface area is 191 Å². The van der Waals surface area contributed by atoms with E-state index >= 15 is 0 Å². The summed E-state index contributed by atoms with van der Waals surface area (Å²) in [6, 6.07) is 13.6. The maximum Gasteiger partial charge on any atom is 0.205 e. The number of fused-ring (bicyclic) bond motifs is 2. The molecule has 5 heteroatoms. The summed E-state index contributed by atoms with van der Waals surface area (Å²) in [6.45, 7) is 6.99. The summed E-state index contributed by atoms with van der Waals surface area (Å²) in [7, 11) is 0. The number of aryl methyl sites for hydroxylation is 1. The zero-order valence-corrected chi connectivity index (χ0v) is 19.7. The van der Waals surface area contributed by atoms with Gasteiger partial charge in [-0.25, -0.2) is 4.98 Å². The van der Waals surface area contributed by atoms with Crippen LogP contribution in [-0.4, -0.2) is 10.8 Å². The number of thiophene rings is 2. The normalized spacial score (nSPS) is 16.4. The van der Waals surface area contributed by atoms with Gasteiger partial charge in [0.05, 0.1) is 5.69 Å². The molecule has 0 radical (unpaired) electrons. The Balaban J connectivity index is 1.74. The molecule has 5 rings (SSSR count). The lowest BCUT2D eigenvalue weighted by Crippen LogP contribution is -2.27. The molecule has 31 heavy (non-hydrogen) atoms. The monoisotopic (exact) mass is 446 g/mol. The van der Waals surface area contributed by atoms with Crippen LogP contribution >= 0.6 is 22.7 Å². The SMILES string of the molecule is CC(C)(C)[C@H]1CCc2nc3sc(C(=O)c4ccccc4)c(N)c3c(-c3cccs3)c2C1. The minimum absolute atomic E-state index is 0.0243. The Hall–Kier alpha value is -2.50. The number of carbonyl (C=O) groups is 1. The van der Waals surface area contributed by atoms with Crippen LogP contribution < -0.4 is 5.73 Å². The fourth-order valence-corrected chi connectivity index (χ4v) is 6.53. The third-order valence-corrected chi connectivity index (χ3v) is 8.46. The molecule has 0 saturated heterocycles. The fraction of sp³-hybridized carbons (Fsp3) is 0.308. The van der Waals surface area contributed by atoms with E-state index in [0.717, 1.165) is 29.5 Å². The molecular weight excluding hydrogens is 420 g/mol. The van der Waals surface area contributed by atoms with Crippen molar-refractivity contribution < 1.29 is 4.79 Å². The molecule has 3 heterocycles. The first-order valence-corrected chi connectivity index (χ1v) is 12.4. The second-order valence-corrected chi connectivity index (χ2v) is 11.4. The van der Waals surface area contributed by atoms with Crippen LogP contribution in [-0.2, 0) is 12.8 Å². The molecule has 0 unspecified atom stereocenters. The number of pyridine rings is 1. The van der Waals surface area contributed by atoms with Crippen LogP contribution in [0.4, 0.5) is 5.69 Å². The van der Waals surface area contributed by atoms with Gasteiger partial charge in [-0.1, -0.05) is 57.2 Å². The zero-order valence-electron chi connectivity index (χ0n) is 18.1. The highest BCUT2D eigenvalue weighted by Crippen LogP contribution is 2.47. The van der Waals surface area contributed by atoms with E-state index in [-0.39, 0.29) is 11.2 Å². The molecule has 1 atom stereocenters. The molecule has 0 saturated carbocycles. The van der Waals surface area contributed by atoms with E-state index in [4.69, 9.17) is 10.7 Å². The van der Waals surface area contributed by atoms with Gasteiger partial charge in [-0.2, -0.15) is 0 Å². The lowest BCUT2D eigenvalue weighted by Gasteiger charge is -2.35. The number of benzene rings is 1. The van der Waals surface area contributed by atoms with E-state index in [0.29, 0.717) is 22.0 Å². The van der Waals surface area contributed by atoms with E-state index in [2.05, 4.69) is 38.3 Å². The molecule has 3 nitrogen and oxygen atoms in total. The van der Waals surface area contributed by atoms with E-state index < -0.39 is 0 Å². The maximum absolute atomic E-state index is 13.2. The van der Waals surface area contributed by atoms with Crippen molar-refractivity contribution in [3.63, 3.8) is 0 Å². The summed E-state index contributed by atoms with van der Waals surface area (Å²) in [5.41, 5.74) is 11.9. The van der Waals surface area contributed by atoms with Crippen molar-refractivity contribution in [2.45, 2.75) is 40.0 Å². The van der Waals surface area contributed by atoms with Gasteiger partial charge in [-0.3, -0.25) is 4.79 Å². The van der Waals surface area contributed by atoms with Crippen molar-refractivity contribution in [1.29, 1.82) is 0 Å². The highest BCUT2D eigenvalue weighted by Gasteiger charge is 2.33. The molecule has 2 N–H and O–H groups in total. The average Bonchev–Trinajstić information content (AvgIpc) is 3.40. The lowest BCUT2D eigenvalue weighted by atomic mass is 9.70. The van der Waals surface area contributed by atoms with Crippen LogP contribution in [0.1, 0.15) is 53.7 Å². The number of aromatic nitrogens is 1. The molecule has 1 aliphatic carbocycles. The number of nitrogens with two attached hydrogens (primary N) is 1. The summed E-state index contributed by atoms with van der Waals surface area (Å²) in [5.74, 6) is 0.576. The molecular formula is C26H26N2OS2. The molecule has 158 valence electrons. The summed E-state index contributed by atoms with van der Waals surface area (Å²) < 4.78 is 0. The topological polar surface area (TPSA) is 56.0 Å². The first kappa shape index (κ1) is 20.4. The summed E-state index contributed by atoms with van der Waals surface area (Å²) in [4.78, 5) is 21.0. The smallest absolute Gasteiger partial charge is 0.205 e. The molecule has 3 aromatic heterocycles. The third-order valence-electron chi connectivity index (χ3n) is 6.48. The molecule has 0 fully saturated rings. The van der Waals surface area contributed by atoms with Crippen LogP contribution in [0, 0.1) is 11.3 Å². The molecule has 4 aromatic rings. The summed E-state index contributed by atoms with van der Waals surface area (Å²) in [6.07, 6.45) is 3.13. The van der Waals surface area contributed by atoms with Crippen LogP contribution in [0.5, 0.6) is 0 Å². The van der Waals surface area contributed by atoms with Gasteiger partial charge in [-0.05, 0) is 47.6 Å². The van der Waals surface area contributed by atoms with Crippen LogP contribution in [0.15, 0.2) is 47.8 Å². The predicted molar refractivity (Wildman–Crippen MR) is 132 cm³/mol. The first-order valence-electron chi connectivity index (χ1n) is 10.7. The largest absolute Gasteiger partial charge is 0.397 e. The average molecular weight is 447 g/mol. The maximum atomic E-state index is 13.2. The van der Waals surface area contributed by atoms with Crippen LogP contribution in [0.2, 0.25) is 0 Å². The lowest BCUT2D eigenvalue weighted by molar-refractivity contribution is 0.104. The van der Waals surface area contributed by atoms with Crippen molar-refractivity contribution in [1.82, 2.24) is 4.98 Å². The number of anilines is 1. The Morgan fingerprint density at radius 3 is 2.58 bits per heavy atom. The second-order valence-electron chi connectivity index (χ2n) is 9.42. The van der Waals surface area contributed by atoms with E-state index in [1.807, 2.05) is 30.3 Å². The highest BCUT2D eigenvalue weighted by molar-refractivity contribution is 7.21. The van der Waals surface area contributed by atoms with Crippen molar-refractivity contribution in [2.24, 2.45) is 11.3 Å². The van der Waals surface area contributed by atoms with Gasteiger partial charge in [-0.15, -0.1) is 22.7 Å². The van der Waals surface area contributed by atoms with Gasteiger partial charge in [0.25, 0.3) is 0 Å². The van der Waals surface area contributed by atoms with Gasteiger partial charge in [0.1, 0.15) is 9.71 Å². The van der Waals surface area contributed by atoms with Gasteiger partial charge < -0.3 is 5.73 Å². The van der Waals surface area contributed by atoms with E-state index in [1.165, 1.54) is 33.0 Å². The number of hydrogen-bond acceptors (Lipinski definition) is 5. The number of carbonyl (C=O) groups excluding carboxylic acids is 1. The Kier molecular flexibility index (Phi) is 4.98. The van der Waals surface area contributed by atoms with E-state index in [9.17, 15) is 4.79 Å².